The number of carbonyl (C=O) groups is 1. The average molecular weight is 406 g/mol. The van der Waals surface area contributed by atoms with E-state index in [0.717, 1.165) is 11.3 Å². The molecule has 0 aliphatic carbocycles. The number of benzene rings is 2. The fourth-order valence-electron chi connectivity index (χ4n) is 3.04. The lowest BCUT2D eigenvalue weighted by atomic mass is 10.1. The largest absolute Gasteiger partial charge is 0.508 e. The van der Waals surface area contributed by atoms with Crippen LogP contribution in [0, 0.1) is 10.1 Å². The standard InChI is InChI=1S/C22H22N4O4/c1-14(16-6-5-7-18(27)12-16)25-22(28)17-9-10-20(21(13-17)26(29)30)24-15(2)19-8-3-4-11-23-19/h3-15,24,27H,1-2H3,(H,25,28). The van der Waals surface area contributed by atoms with Crippen LogP contribution in [0.25, 0.3) is 0 Å². The fourth-order valence-corrected chi connectivity index (χ4v) is 3.04. The van der Waals surface area contributed by atoms with Crippen molar-refractivity contribution in [3.63, 3.8) is 0 Å². The third-order valence-electron chi connectivity index (χ3n) is 4.68. The minimum atomic E-state index is -0.525. The predicted molar refractivity (Wildman–Crippen MR) is 113 cm³/mol. The van der Waals surface area contributed by atoms with Crippen LogP contribution in [0.4, 0.5) is 11.4 Å². The van der Waals surface area contributed by atoms with Gasteiger partial charge >= 0.3 is 0 Å². The van der Waals surface area contributed by atoms with Gasteiger partial charge in [-0.2, -0.15) is 0 Å². The molecule has 0 aliphatic rings. The molecule has 0 aliphatic heterocycles. The van der Waals surface area contributed by atoms with E-state index < -0.39 is 10.8 Å². The Morgan fingerprint density at radius 1 is 1.07 bits per heavy atom. The Kier molecular flexibility index (Phi) is 6.26. The predicted octanol–water partition coefficient (Wildman–Crippen LogP) is 4.36. The number of anilines is 1. The fraction of sp³-hybridized carbons (Fsp3) is 0.182. The summed E-state index contributed by atoms with van der Waals surface area (Å²) >= 11 is 0. The van der Waals surface area contributed by atoms with Gasteiger partial charge in [0, 0.05) is 17.8 Å². The van der Waals surface area contributed by atoms with Crippen LogP contribution in [0.5, 0.6) is 5.75 Å². The Morgan fingerprint density at radius 3 is 2.53 bits per heavy atom. The number of nitrogens with zero attached hydrogens (tertiary/aromatic N) is 2. The van der Waals surface area contributed by atoms with Crippen molar-refractivity contribution in [2.75, 3.05) is 5.32 Å². The van der Waals surface area contributed by atoms with Gasteiger partial charge in [0.15, 0.2) is 0 Å². The quantitative estimate of drug-likeness (QED) is 0.396. The minimum absolute atomic E-state index is 0.0988. The highest BCUT2D eigenvalue weighted by Gasteiger charge is 2.20. The van der Waals surface area contributed by atoms with Gasteiger partial charge in [-0.25, -0.2) is 0 Å². The number of rotatable bonds is 7. The van der Waals surface area contributed by atoms with Gasteiger partial charge in [-0.1, -0.05) is 18.2 Å². The maximum Gasteiger partial charge on any atom is 0.293 e. The lowest BCUT2D eigenvalue weighted by molar-refractivity contribution is -0.384. The van der Waals surface area contributed by atoms with E-state index in [2.05, 4.69) is 15.6 Å². The van der Waals surface area contributed by atoms with Crippen LogP contribution in [0.15, 0.2) is 66.9 Å². The Morgan fingerprint density at radius 2 is 1.87 bits per heavy atom. The monoisotopic (exact) mass is 406 g/mol. The van der Waals surface area contributed by atoms with Crippen LogP contribution in [0.1, 0.15) is 47.5 Å². The molecule has 2 aromatic carbocycles. The molecule has 0 bridgehead atoms. The minimum Gasteiger partial charge on any atom is -0.508 e. The van der Waals surface area contributed by atoms with Gasteiger partial charge in [0.2, 0.25) is 0 Å². The van der Waals surface area contributed by atoms with Gasteiger partial charge in [-0.05, 0) is 55.8 Å². The number of phenols is 1. The van der Waals surface area contributed by atoms with Crippen LogP contribution in [0.3, 0.4) is 0 Å². The molecule has 1 aromatic heterocycles. The van der Waals surface area contributed by atoms with Gasteiger partial charge in [0.1, 0.15) is 11.4 Å². The van der Waals surface area contributed by atoms with Crippen molar-refractivity contribution in [2.24, 2.45) is 0 Å². The molecule has 2 unspecified atom stereocenters. The first-order chi connectivity index (χ1) is 14.3. The molecule has 0 radical (unpaired) electrons. The average Bonchev–Trinajstić information content (AvgIpc) is 2.74. The van der Waals surface area contributed by atoms with E-state index in [1.807, 2.05) is 19.1 Å². The number of aromatic hydroxyl groups is 1. The molecular formula is C22H22N4O4. The van der Waals surface area contributed by atoms with Crippen LogP contribution in [0.2, 0.25) is 0 Å². The summed E-state index contributed by atoms with van der Waals surface area (Å²) in [6.07, 6.45) is 1.66. The third kappa shape index (κ3) is 4.91. The summed E-state index contributed by atoms with van der Waals surface area (Å²) in [6, 6.07) is 15.7. The Bertz CT molecular complexity index is 1060. The first-order valence-corrected chi connectivity index (χ1v) is 9.41. The number of amides is 1. The molecule has 1 amide bonds. The third-order valence-corrected chi connectivity index (χ3v) is 4.68. The maximum absolute atomic E-state index is 12.6. The van der Waals surface area contributed by atoms with E-state index >= 15 is 0 Å². The Hall–Kier alpha value is -3.94. The van der Waals surface area contributed by atoms with Crippen LogP contribution in [-0.2, 0) is 0 Å². The molecule has 30 heavy (non-hydrogen) atoms. The normalized spacial score (nSPS) is 12.6. The summed E-state index contributed by atoms with van der Waals surface area (Å²) in [5.41, 5.74) is 1.74. The van der Waals surface area contributed by atoms with E-state index in [9.17, 15) is 20.0 Å². The Balaban J connectivity index is 1.78. The number of nitro benzene ring substituents is 1. The zero-order valence-electron chi connectivity index (χ0n) is 16.6. The van der Waals surface area contributed by atoms with Crippen molar-refractivity contribution >= 4 is 17.3 Å². The van der Waals surface area contributed by atoms with Crippen molar-refractivity contribution in [1.82, 2.24) is 10.3 Å². The first kappa shape index (κ1) is 20.8. The van der Waals surface area contributed by atoms with Crippen LogP contribution >= 0.6 is 0 Å². The highest BCUT2D eigenvalue weighted by molar-refractivity contribution is 5.96. The summed E-state index contributed by atoms with van der Waals surface area (Å²) in [5, 5.41) is 27.1. The molecule has 1 heterocycles. The van der Waals surface area contributed by atoms with Crippen molar-refractivity contribution in [1.29, 1.82) is 0 Å². The molecule has 2 atom stereocenters. The molecule has 154 valence electrons. The van der Waals surface area contributed by atoms with Crippen molar-refractivity contribution in [3.8, 4) is 5.75 Å². The summed E-state index contributed by atoms with van der Waals surface area (Å²) in [4.78, 5) is 27.9. The first-order valence-electron chi connectivity index (χ1n) is 9.41. The summed E-state index contributed by atoms with van der Waals surface area (Å²) in [5.74, 6) is -0.347. The molecule has 3 aromatic rings. The summed E-state index contributed by atoms with van der Waals surface area (Å²) < 4.78 is 0. The van der Waals surface area contributed by atoms with E-state index in [4.69, 9.17) is 0 Å². The smallest absolute Gasteiger partial charge is 0.293 e. The van der Waals surface area contributed by atoms with E-state index in [0.29, 0.717) is 5.69 Å². The lowest BCUT2D eigenvalue weighted by Gasteiger charge is -2.16. The number of phenolic OH excluding ortho intramolecular Hbond substituents is 1. The zero-order valence-corrected chi connectivity index (χ0v) is 16.6. The number of aromatic nitrogens is 1. The molecule has 0 saturated heterocycles. The molecular weight excluding hydrogens is 384 g/mol. The summed E-state index contributed by atoms with van der Waals surface area (Å²) in [6.45, 7) is 3.62. The summed E-state index contributed by atoms with van der Waals surface area (Å²) in [7, 11) is 0. The van der Waals surface area contributed by atoms with E-state index in [-0.39, 0.29) is 29.1 Å². The maximum atomic E-state index is 12.6. The van der Waals surface area contributed by atoms with Gasteiger partial charge in [-0.15, -0.1) is 0 Å². The van der Waals surface area contributed by atoms with E-state index in [1.165, 1.54) is 18.2 Å². The number of hydrogen-bond acceptors (Lipinski definition) is 6. The van der Waals surface area contributed by atoms with Crippen LogP contribution in [-0.4, -0.2) is 20.9 Å². The highest BCUT2D eigenvalue weighted by Crippen LogP contribution is 2.29. The molecule has 3 N–H and O–H groups in total. The lowest BCUT2D eigenvalue weighted by Crippen LogP contribution is -2.26. The number of pyridine rings is 1. The molecule has 8 nitrogen and oxygen atoms in total. The van der Waals surface area contributed by atoms with Gasteiger partial charge in [0.25, 0.3) is 11.6 Å². The highest BCUT2D eigenvalue weighted by atomic mass is 16.6. The number of hydrogen-bond donors (Lipinski definition) is 3. The van der Waals surface area contributed by atoms with Gasteiger partial charge in [0.05, 0.1) is 22.7 Å². The number of nitrogens with one attached hydrogen (secondary N) is 2. The Labute approximate surface area is 173 Å². The van der Waals surface area contributed by atoms with Crippen LogP contribution < -0.4 is 10.6 Å². The topological polar surface area (TPSA) is 117 Å². The molecule has 0 fully saturated rings. The van der Waals surface area contributed by atoms with Gasteiger partial charge < -0.3 is 15.7 Å². The molecule has 0 spiro atoms. The molecule has 0 saturated carbocycles. The van der Waals surface area contributed by atoms with Gasteiger partial charge in [-0.3, -0.25) is 19.9 Å². The second-order valence-electron chi connectivity index (χ2n) is 6.90. The number of nitro groups is 1. The second-order valence-corrected chi connectivity index (χ2v) is 6.90. The zero-order chi connectivity index (χ0) is 21.7. The molecule has 8 heteroatoms. The van der Waals surface area contributed by atoms with E-state index in [1.54, 1.807) is 43.5 Å². The molecule has 3 rings (SSSR count). The van der Waals surface area contributed by atoms with Crippen molar-refractivity contribution in [2.45, 2.75) is 25.9 Å². The van der Waals surface area contributed by atoms with Crippen molar-refractivity contribution in [3.05, 3.63) is 93.8 Å². The number of carbonyl (C=O) groups excluding carboxylic acids is 1. The second kappa shape index (κ2) is 9.04. The SMILES string of the molecule is CC(NC(=O)c1ccc(NC(C)c2ccccn2)c([N+](=O)[O-])c1)c1cccc(O)c1. The van der Waals surface area contributed by atoms with Crippen molar-refractivity contribution < 1.29 is 14.8 Å².